The van der Waals surface area contributed by atoms with Gasteiger partial charge in [0.1, 0.15) is 5.75 Å². The van der Waals surface area contributed by atoms with Crippen molar-refractivity contribution >= 4 is 27.5 Å². The second kappa shape index (κ2) is 15.9. The molecule has 7 aromatic carbocycles. The molecule has 3 heterocycles. The summed E-state index contributed by atoms with van der Waals surface area (Å²) in [5, 5.41) is 13.3. The molecule has 5 nitrogen and oxygen atoms in total. The zero-order chi connectivity index (χ0) is 39.0. The molecule has 0 bridgehead atoms. The van der Waals surface area contributed by atoms with E-state index in [4.69, 9.17) is 16.5 Å². The number of hydrogen-bond donors (Lipinski definition) is 1. The number of aromatic nitrogens is 3. The van der Waals surface area contributed by atoms with Crippen LogP contribution in [0.2, 0.25) is 0 Å². The molecule has 0 aliphatic heterocycles. The van der Waals surface area contributed by atoms with Gasteiger partial charge in [0.15, 0.2) is 5.69 Å². The molecule has 0 atom stereocenters. The van der Waals surface area contributed by atoms with Gasteiger partial charge >= 0.3 is 0 Å². The Morgan fingerprint density at radius 1 is 0.508 bits per heavy atom. The fraction of sp³-hybridized carbons (Fsp3) is 0. The summed E-state index contributed by atoms with van der Waals surface area (Å²) >= 11 is 0. The van der Waals surface area contributed by atoms with Crippen molar-refractivity contribution in [3.63, 3.8) is 0 Å². The SMILES string of the molecule is [C-]#[N+]c1ccccc1-c1cc(-c2cc(-c3cccc4c5ccccc5n(-c5ccccc5)c34)ccn2)[c-]c(-c2cc(-c3ccccc3)cc(-c3ccccc3O)n2)c1.[Pt]. The second-order valence-electron chi connectivity index (χ2n) is 14.2. The molecular weight excluding hydrogens is 904 g/mol. The summed E-state index contributed by atoms with van der Waals surface area (Å²) in [5.41, 5.74) is 13.8. The van der Waals surface area contributed by atoms with Gasteiger partial charge in [0.05, 0.1) is 23.3 Å². The summed E-state index contributed by atoms with van der Waals surface area (Å²) in [6.45, 7) is 8.01. The van der Waals surface area contributed by atoms with Crippen molar-refractivity contribution in [2.75, 3.05) is 0 Å². The minimum Gasteiger partial charge on any atom is -0.507 e. The van der Waals surface area contributed by atoms with Gasteiger partial charge in [0, 0.05) is 66.2 Å². The molecule has 1 N–H and O–H groups in total. The quantitative estimate of drug-likeness (QED) is 0.162. The largest absolute Gasteiger partial charge is 0.507 e. The average Bonchev–Trinajstić information content (AvgIpc) is 3.64. The van der Waals surface area contributed by atoms with Crippen LogP contribution in [0.3, 0.4) is 0 Å². The molecule has 10 rings (SSSR count). The van der Waals surface area contributed by atoms with E-state index in [9.17, 15) is 5.11 Å². The minimum absolute atomic E-state index is 0. The van der Waals surface area contributed by atoms with Crippen molar-refractivity contribution in [1.82, 2.24) is 14.5 Å². The fourth-order valence-electron chi connectivity index (χ4n) is 7.95. The van der Waals surface area contributed by atoms with Gasteiger partial charge in [-0.25, -0.2) is 4.85 Å². The summed E-state index contributed by atoms with van der Waals surface area (Å²) in [6, 6.07) is 66.7. The van der Waals surface area contributed by atoms with Crippen LogP contribution >= 0.6 is 0 Å². The standard InChI is InChI=1S/C53H33N4O.Pt/c1-54-47-24-11-8-19-42(47)38-29-39(31-40(30-38)49-33-37(35-15-4-2-5-16-35)34-50(56-49)46-21-10-13-26-52(46)58)48-32-36(27-28-55-48)43-22-14-23-45-44-20-9-12-25-51(44)57(53(43)45)41-17-6-3-7-18-41;/h2-30,32-34,58H;/q-1;. The number of rotatable bonds is 7. The average molecular weight is 937 g/mol. The molecule has 0 saturated carbocycles. The molecule has 6 heteroatoms. The van der Waals surface area contributed by atoms with Crippen LogP contribution < -0.4 is 0 Å². The summed E-state index contributed by atoms with van der Waals surface area (Å²) < 4.78 is 2.35. The molecule has 0 unspecified atom stereocenters. The third kappa shape index (κ3) is 6.91. The molecule has 0 radical (unpaired) electrons. The van der Waals surface area contributed by atoms with Crippen LogP contribution in [0.25, 0.3) is 99.5 Å². The van der Waals surface area contributed by atoms with Gasteiger partial charge in [-0.1, -0.05) is 150 Å². The number of phenolic OH excluding ortho intramolecular Hbond substituents is 1. The molecule has 59 heavy (non-hydrogen) atoms. The molecule has 0 spiro atoms. The number of benzene rings is 7. The number of para-hydroxylation sites is 5. The molecule has 0 saturated heterocycles. The van der Waals surface area contributed by atoms with Crippen LogP contribution in [0.1, 0.15) is 0 Å². The van der Waals surface area contributed by atoms with Crippen LogP contribution in [-0.4, -0.2) is 19.6 Å². The molecule has 0 fully saturated rings. The zero-order valence-corrected chi connectivity index (χ0v) is 33.8. The van der Waals surface area contributed by atoms with Crippen LogP contribution in [0, 0.1) is 12.6 Å². The molecule has 3 aromatic heterocycles. The summed E-state index contributed by atoms with van der Waals surface area (Å²) in [5.74, 6) is 0.151. The first-order valence-electron chi connectivity index (χ1n) is 19.1. The fourth-order valence-corrected chi connectivity index (χ4v) is 7.95. The van der Waals surface area contributed by atoms with E-state index in [2.05, 4.69) is 119 Å². The Morgan fingerprint density at radius 2 is 1.14 bits per heavy atom. The van der Waals surface area contributed by atoms with Gasteiger partial charge in [-0.05, 0) is 64.7 Å². The van der Waals surface area contributed by atoms with Crippen LogP contribution in [0.15, 0.2) is 194 Å². The van der Waals surface area contributed by atoms with E-state index >= 15 is 0 Å². The summed E-state index contributed by atoms with van der Waals surface area (Å²) in [6.07, 6.45) is 1.86. The Morgan fingerprint density at radius 3 is 1.93 bits per heavy atom. The maximum Gasteiger partial charge on any atom is 0.193 e. The van der Waals surface area contributed by atoms with E-state index < -0.39 is 0 Å². The summed E-state index contributed by atoms with van der Waals surface area (Å²) in [7, 11) is 0. The predicted molar refractivity (Wildman–Crippen MR) is 236 cm³/mol. The van der Waals surface area contributed by atoms with Crippen molar-refractivity contribution in [3.8, 4) is 78.6 Å². The van der Waals surface area contributed by atoms with E-state index in [0.717, 1.165) is 66.9 Å². The van der Waals surface area contributed by atoms with Crippen molar-refractivity contribution in [2.45, 2.75) is 0 Å². The Bertz CT molecular complexity index is 3200. The van der Waals surface area contributed by atoms with Crippen LogP contribution in [0.5, 0.6) is 5.75 Å². The smallest absolute Gasteiger partial charge is 0.193 e. The molecule has 0 aliphatic carbocycles. The third-order valence-corrected chi connectivity index (χ3v) is 10.6. The molecule has 0 aliphatic rings. The Balaban J connectivity index is 0.00000449. The minimum atomic E-state index is 0. The number of pyridine rings is 2. The van der Waals surface area contributed by atoms with Gasteiger partial charge < -0.3 is 9.67 Å². The molecule has 10 aromatic rings. The van der Waals surface area contributed by atoms with Crippen molar-refractivity contribution < 1.29 is 26.2 Å². The van der Waals surface area contributed by atoms with E-state index in [0.29, 0.717) is 22.6 Å². The van der Waals surface area contributed by atoms with Crippen LogP contribution in [-0.2, 0) is 21.1 Å². The first-order valence-corrected chi connectivity index (χ1v) is 19.1. The second-order valence-corrected chi connectivity index (χ2v) is 14.2. The van der Waals surface area contributed by atoms with E-state index in [1.54, 1.807) is 6.07 Å². The molecular formula is C53H33N4OPt-. The Kier molecular flexibility index (Phi) is 10.0. The molecule has 0 amide bonds. The van der Waals surface area contributed by atoms with Gasteiger partial charge in [-0.3, -0.25) is 9.97 Å². The van der Waals surface area contributed by atoms with Crippen molar-refractivity contribution in [1.29, 1.82) is 0 Å². The maximum atomic E-state index is 11.0. The van der Waals surface area contributed by atoms with Gasteiger partial charge in [0.2, 0.25) is 0 Å². The van der Waals surface area contributed by atoms with E-state index in [-0.39, 0.29) is 26.8 Å². The van der Waals surface area contributed by atoms with E-state index in [1.165, 1.54) is 10.8 Å². The first-order chi connectivity index (χ1) is 28.6. The first kappa shape index (κ1) is 37.2. The summed E-state index contributed by atoms with van der Waals surface area (Å²) in [4.78, 5) is 14.0. The van der Waals surface area contributed by atoms with Gasteiger partial charge in [-0.2, -0.15) is 0 Å². The van der Waals surface area contributed by atoms with E-state index in [1.807, 2.05) is 85.1 Å². The van der Waals surface area contributed by atoms with Crippen molar-refractivity contribution in [2.24, 2.45) is 0 Å². The third-order valence-electron chi connectivity index (χ3n) is 10.6. The number of nitrogens with zero attached hydrogens (tertiary/aromatic N) is 4. The predicted octanol–water partition coefficient (Wildman–Crippen LogP) is 13.6. The number of fused-ring (bicyclic) bond motifs is 3. The number of phenols is 1. The monoisotopic (exact) mass is 936 g/mol. The molecule has 282 valence electrons. The zero-order valence-electron chi connectivity index (χ0n) is 31.5. The maximum absolute atomic E-state index is 11.0. The number of aromatic hydroxyl groups is 1. The topological polar surface area (TPSA) is 55.3 Å². The van der Waals surface area contributed by atoms with Gasteiger partial charge in [-0.15, -0.1) is 18.2 Å². The van der Waals surface area contributed by atoms with Gasteiger partial charge in [0.25, 0.3) is 0 Å². The Labute approximate surface area is 356 Å². The Hall–Kier alpha value is -7.38. The normalized spacial score (nSPS) is 11.0. The van der Waals surface area contributed by atoms with Crippen molar-refractivity contribution in [3.05, 3.63) is 212 Å². The number of hydrogen-bond acceptors (Lipinski definition) is 3. The van der Waals surface area contributed by atoms with Crippen LogP contribution in [0.4, 0.5) is 5.69 Å².